The Kier molecular flexibility index (Phi) is 4.31. The summed E-state index contributed by atoms with van der Waals surface area (Å²) < 4.78 is 1.66. The Bertz CT molecular complexity index is 628. The lowest BCUT2D eigenvalue weighted by atomic mass is 10.2. The first-order valence-electron chi connectivity index (χ1n) is 5.77. The third-order valence-electron chi connectivity index (χ3n) is 2.59. The first-order valence-corrected chi connectivity index (χ1v) is 6.15. The van der Waals surface area contributed by atoms with Gasteiger partial charge >= 0.3 is 0 Å². The van der Waals surface area contributed by atoms with Crippen molar-refractivity contribution in [1.82, 2.24) is 15.1 Å². The number of nitro groups is 1. The predicted molar refractivity (Wildman–Crippen MR) is 72.7 cm³/mol. The number of hydrogen-bond acceptors (Lipinski definition) is 4. The van der Waals surface area contributed by atoms with Crippen LogP contribution in [-0.4, -0.2) is 27.2 Å². The number of carbonyl (C=O) groups is 1. The van der Waals surface area contributed by atoms with E-state index >= 15 is 0 Å². The molecule has 0 spiro atoms. The lowest BCUT2D eigenvalue weighted by Crippen LogP contribution is -2.27. The number of rotatable bonds is 5. The van der Waals surface area contributed by atoms with Gasteiger partial charge in [-0.1, -0.05) is 11.6 Å². The first kappa shape index (κ1) is 14.0. The van der Waals surface area contributed by atoms with Crippen molar-refractivity contribution in [2.45, 2.75) is 6.54 Å². The highest BCUT2D eigenvalue weighted by Gasteiger charge is 2.15. The van der Waals surface area contributed by atoms with E-state index in [1.165, 1.54) is 12.1 Å². The van der Waals surface area contributed by atoms with Crippen LogP contribution in [0.3, 0.4) is 0 Å². The van der Waals surface area contributed by atoms with Crippen LogP contribution in [0.4, 0.5) is 5.69 Å². The fraction of sp³-hybridized carbons (Fsp3) is 0.167. The lowest BCUT2D eigenvalue weighted by Gasteiger charge is -2.07. The van der Waals surface area contributed by atoms with Gasteiger partial charge in [0.05, 0.1) is 22.1 Å². The molecule has 2 rings (SSSR count). The Morgan fingerprint density at radius 1 is 1.50 bits per heavy atom. The standard InChI is InChI=1S/C12H11ClN4O3/c13-11-3-2-9(17(19)20)8-10(11)12(18)14-5-7-16-6-1-4-15-16/h1-4,6,8H,5,7H2,(H,14,18). The number of amides is 1. The van der Waals surface area contributed by atoms with Gasteiger partial charge in [-0.25, -0.2) is 0 Å². The summed E-state index contributed by atoms with van der Waals surface area (Å²) in [6.07, 6.45) is 3.41. The molecule has 1 amide bonds. The van der Waals surface area contributed by atoms with E-state index in [-0.39, 0.29) is 16.3 Å². The maximum atomic E-state index is 11.9. The monoisotopic (exact) mass is 294 g/mol. The smallest absolute Gasteiger partial charge is 0.270 e. The van der Waals surface area contributed by atoms with Crippen molar-refractivity contribution in [2.24, 2.45) is 0 Å². The minimum absolute atomic E-state index is 0.0846. The molecule has 0 aliphatic heterocycles. The Labute approximate surface area is 119 Å². The van der Waals surface area contributed by atoms with Crippen LogP contribution in [0.1, 0.15) is 10.4 Å². The van der Waals surface area contributed by atoms with Crippen LogP contribution < -0.4 is 5.32 Å². The average molecular weight is 295 g/mol. The SMILES string of the molecule is O=C(NCCn1cccn1)c1cc([N+](=O)[O-])ccc1Cl. The van der Waals surface area contributed by atoms with E-state index in [0.717, 1.165) is 6.07 Å². The van der Waals surface area contributed by atoms with Gasteiger partial charge in [0.2, 0.25) is 0 Å². The molecule has 0 atom stereocenters. The van der Waals surface area contributed by atoms with Gasteiger partial charge in [-0.05, 0) is 12.1 Å². The summed E-state index contributed by atoms with van der Waals surface area (Å²) >= 11 is 5.87. The zero-order chi connectivity index (χ0) is 14.5. The van der Waals surface area contributed by atoms with Gasteiger partial charge in [-0.3, -0.25) is 19.6 Å². The Morgan fingerprint density at radius 2 is 2.30 bits per heavy atom. The first-order chi connectivity index (χ1) is 9.58. The number of carbonyl (C=O) groups excluding carboxylic acids is 1. The van der Waals surface area contributed by atoms with E-state index in [1.54, 1.807) is 23.1 Å². The highest BCUT2D eigenvalue weighted by molar-refractivity contribution is 6.33. The lowest BCUT2D eigenvalue weighted by molar-refractivity contribution is -0.384. The fourth-order valence-electron chi connectivity index (χ4n) is 1.61. The molecule has 1 N–H and O–H groups in total. The van der Waals surface area contributed by atoms with E-state index in [2.05, 4.69) is 10.4 Å². The largest absolute Gasteiger partial charge is 0.350 e. The Morgan fingerprint density at radius 3 is 2.95 bits per heavy atom. The highest BCUT2D eigenvalue weighted by Crippen LogP contribution is 2.21. The van der Waals surface area contributed by atoms with Crippen molar-refractivity contribution in [3.63, 3.8) is 0 Å². The zero-order valence-electron chi connectivity index (χ0n) is 10.3. The number of non-ortho nitro benzene ring substituents is 1. The van der Waals surface area contributed by atoms with Gasteiger partial charge in [0.15, 0.2) is 0 Å². The van der Waals surface area contributed by atoms with Crippen LogP contribution in [0.25, 0.3) is 0 Å². The van der Waals surface area contributed by atoms with Crippen LogP contribution in [-0.2, 0) is 6.54 Å². The molecule has 0 unspecified atom stereocenters. The summed E-state index contributed by atoms with van der Waals surface area (Å²) in [5, 5.41) is 17.5. The molecule has 0 saturated heterocycles. The summed E-state index contributed by atoms with van der Waals surface area (Å²) in [4.78, 5) is 22.0. The van der Waals surface area contributed by atoms with Crippen LogP contribution in [0.2, 0.25) is 5.02 Å². The number of halogens is 1. The van der Waals surface area contributed by atoms with Gasteiger partial charge in [0.25, 0.3) is 11.6 Å². The summed E-state index contributed by atoms with van der Waals surface area (Å²) in [7, 11) is 0. The molecule has 7 nitrogen and oxygen atoms in total. The summed E-state index contributed by atoms with van der Waals surface area (Å²) in [5.74, 6) is -0.453. The van der Waals surface area contributed by atoms with Crippen molar-refractivity contribution in [1.29, 1.82) is 0 Å². The van der Waals surface area contributed by atoms with Crippen LogP contribution in [0.5, 0.6) is 0 Å². The molecule has 20 heavy (non-hydrogen) atoms. The van der Waals surface area contributed by atoms with E-state index in [0.29, 0.717) is 13.1 Å². The second-order valence-electron chi connectivity index (χ2n) is 3.95. The molecule has 1 aromatic carbocycles. The van der Waals surface area contributed by atoms with Crippen molar-refractivity contribution in [3.05, 3.63) is 57.4 Å². The van der Waals surface area contributed by atoms with Crippen molar-refractivity contribution < 1.29 is 9.72 Å². The minimum Gasteiger partial charge on any atom is -0.350 e. The molecule has 0 fully saturated rings. The Hall–Kier alpha value is -2.41. The summed E-state index contributed by atoms with van der Waals surface area (Å²) in [5.41, 5.74) is -0.0899. The zero-order valence-corrected chi connectivity index (χ0v) is 11.1. The molecule has 0 radical (unpaired) electrons. The topological polar surface area (TPSA) is 90.1 Å². The van der Waals surface area contributed by atoms with Crippen LogP contribution >= 0.6 is 11.6 Å². The second kappa shape index (κ2) is 6.16. The van der Waals surface area contributed by atoms with Gasteiger partial charge in [-0.15, -0.1) is 0 Å². The van der Waals surface area contributed by atoms with Gasteiger partial charge in [-0.2, -0.15) is 5.10 Å². The number of nitrogens with zero attached hydrogens (tertiary/aromatic N) is 3. The number of hydrogen-bond donors (Lipinski definition) is 1. The summed E-state index contributed by atoms with van der Waals surface area (Å²) in [6, 6.07) is 5.52. The van der Waals surface area contributed by atoms with Gasteiger partial charge < -0.3 is 5.32 Å². The molecule has 0 aliphatic rings. The molecular weight excluding hydrogens is 284 g/mol. The van der Waals surface area contributed by atoms with E-state index < -0.39 is 10.8 Å². The molecule has 2 aromatic rings. The van der Waals surface area contributed by atoms with Gasteiger partial charge in [0.1, 0.15) is 0 Å². The Balaban J connectivity index is 2.01. The normalized spacial score (nSPS) is 10.2. The number of nitrogens with one attached hydrogen (secondary N) is 1. The maximum Gasteiger partial charge on any atom is 0.270 e. The molecule has 0 bridgehead atoms. The van der Waals surface area contributed by atoms with E-state index in [9.17, 15) is 14.9 Å². The van der Waals surface area contributed by atoms with E-state index in [1.807, 2.05) is 0 Å². The number of benzene rings is 1. The fourth-order valence-corrected chi connectivity index (χ4v) is 1.82. The predicted octanol–water partition coefficient (Wildman–Crippen LogP) is 1.87. The molecule has 0 saturated carbocycles. The molecule has 104 valence electrons. The van der Waals surface area contributed by atoms with Gasteiger partial charge in [0, 0.05) is 31.1 Å². The van der Waals surface area contributed by atoms with Crippen molar-refractivity contribution in [2.75, 3.05) is 6.54 Å². The van der Waals surface area contributed by atoms with Crippen molar-refractivity contribution >= 4 is 23.2 Å². The molecule has 1 heterocycles. The molecular formula is C12H11ClN4O3. The highest BCUT2D eigenvalue weighted by atomic mass is 35.5. The second-order valence-corrected chi connectivity index (χ2v) is 4.35. The molecule has 1 aromatic heterocycles. The minimum atomic E-state index is -0.573. The van der Waals surface area contributed by atoms with Crippen LogP contribution in [0, 0.1) is 10.1 Å². The third kappa shape index (κ3) is 3.33. The van der Waals surface area contributed by atoms with Crippen LogP contribution in [0.15, 0.2) is 36.7 Å². The average Bonchev–Trinajstić information content (AvgIpc) is 2.92. The number of aromatic nitrogens is 2. The quantitative estimate of drug-likeness (QED) is 0.673. The maximum absolute atomic E-state index is 11.9. The summed E-state index contributed by atoms with van der Waals surface area (Å²) in [6.45, 7) is 0.852. The molecule has 8 heteroatoms. The van der Waals surface area contributed by atoms with E-state index in [4.69, 9.17) is 11.6 Å². The number of nitro benzene ring substituents is 1. The molecule has 0 aliphatic carbocycles. The van der Waals surface area contributed by atoms with Crippen molar-refractivity contribution in [3.8, 4) is 0 Å². The third-order valence-corrected chi connectivity index (χ3v) is 2.92.